The summed E-state index contributed by atoms with van der Waals surface area (Å²) in [5, 5.41) is 12.9. The quantitative estimate of drug-likeness (QED) is 0.474. The molecular formula is C25H24FN5O2. The molecule has 0 atom stereocenters. The van der Waals surface area contributed by atoms with Gasteiger partial charge >= 0.3 is 0 Å². The lowest BCUT2D eigenvalue weighted by molar-refractivity contribution is 0.0767. The van der Waals surface area contributed by atoms with Crippen molar-refractivity contribution in [3.05, 3.63) is 64.9 Å². The smallest absolute Gasteiger partial charge is 0.274 e. The van der Waals surface area contributed by atoms with Gasteiger partial charge in [0.1, 0.15) is 18.2 Å². The number of aryl methyl sites for hydroxylation is 1. The molecule has 33 heavy (non-hydrogen) atoms. The number of amides is 1. The van der Waals surface area contributed by atoms with Crippen LogP contribution in [0.2, 0.25) is 0 Å². The van der Waals surface area contributed by atoms with Gasteiger partial charge in [-0.3, -0.25) is 14.6 Å². The lowest BCUT2D eigenvalue weighted by atomic mass is 10.0. The van der Waals surface area contributed by atoms with Crippen LogP contribution in [0.3, 0.4) is 0 Å². The van der Waals surface area contributed by atoms with Gasteiger partial charge in [-0.2, -0.15) is 10.2 Å². The Hall–Kier alpha value is -3.94. The summed E-state index contributed by atoms with van der Waals surface area (Å²) in [6.45, 7) is 2.66. The van der Waals surface area contributed by atoms with Gasteiger partial charge in [-0.1, -0.05) is 13.0 Å². The number of halogens is 1. The van der Waals surface area contributed by atoms with Crippen molar-refractivity contribution in [2.24, 2.45) is 7.05 Å². The minimum Gasteiger partial charge on any atom is -0.491 e. The zero-order chi connectivity index (χ0) is 23.1. The molecule has 5 rings (SSSR count). The average Bonchev–Trinajstić information content (AvgIpc) is 3.36. The number of ether oxygens (including phenoxy) is 1. The Morgan fingerprint density at radius 2 is 2.00 bits per heavy atom. The number of aromatic amines is 1. The molecule has 0 aliphatic carbocycles. The van der Waals surface area contributed by atoms with E-state index >= 15 is 0 Å². The van der Waals surface area contributed by atoms with Crippen molar-refractivity contribution >= 4 is 29.0 Å². The van der Waals surface area contributed by atoms with Gasteiger partial charge in [-0.05, 0) is 54.5 Å². The fraction of sp³-hybridized carbons (Fsp3) is 0.240. The number of aromatic nitrogens is 4. The van der Waals surface area contributed by atoms with Crippen molar-refractivity contribution in [2.45, 2.75) is 13.3 Å². The third kappa shape index (κ3) is 3.67. The molecule has 168 valence electrons. The summed E-state index contributed by atoms with van der Waals surface area (Å²) in [7, 11) is 3.58. The first kappa shape index (κ1) is 20.9. The van der Waals surface area contributed by atoms with E-state index in [0.29, 0.717) is 23.6 Å². The van der Waals surface area contributed by atoms with E-state index in [-0.39, 0.29) is 18.3 Å². The monoisotopic (exact) mass is 445 g/mol. The molecule has 0 unspecified atom stereocenters. The van der Waals surface area contributed by atoms with Crippen molar-refractivity contribution in [1.82, 2.24) is 24.9 Å². The molecule has 0 spiro atoms. The zero-order valence-corrected chi connectivity index (χ0v) is 18.7. The molecule has 8 heteroatoms. The highest BCUT2D eigenvalue weighted by Crippen LogP contribution is 2.34. The highest BCUT2D eigenvalue weighted by atomic mass is 19.1. The van der Waals surface area contributed by atoms with E-state index in [1.165, 1.54) is 12.1 Å². The number of nitrogens with one attached hydrogen (secondary N) is 1. The Balaban J connectivity index is 1.72. The predicted octanol–water partition coefficient (Wildman–Crippen LogP) is 4.30. The maximum absolute atomic E-state index is 14.1. The number of carbonyl (C=O) groups is 1. The summed E-state index contributed by atoms with van der Waals surface area (Å²) < 4.78 is 21.9. The van der Waals surface area contributed by atoms with Crippen LogP contribution in [0.25, 0.3) is 34.2 Å². The van der Waals surface area contributed by atoms with Crippen LogP contribution in [-0.2, 0) is 13.5 Å². The molecule has 1 aliphatic rings. The van der Waals surface area contributed by atoms with Gasteiger partial charge in [0.25, 0.3) is 5.91 Å². The van der Waals surface area contributed by atoms with Gasteiger partial charge in [-0.25, -0.2) is 4.39 Å². The Labute approximate surface area is 190 Å². The lowest BCUT2D eigenvalue weighted by Gasteiger charge is -2.18. The molecule has 0 fully saturated rings. The van der Waals surface area contributed by atoms with Crippen molar-refractivity contribution in [3.63, 3.8) is 0 Å². The number of nitrogens with zero attached hydrogens (tertiary/aromatic N) is 4. The second-order valence-electron chi connectivity index (χ2n) is 8.10. The van der Waals surface area contributed by atoms with Gasteiger partial charge in [0.2, 0.25) is 0 Å². The highest BCUT2D eigenvalue weighted by Gasteiger charge is 2.23. The second-order valence-corrected chi connectivity index (χ2v) is 8.10. The Morgan fingerprint density at radius 3 is 2.82 bits per heavy atom. The molecular weight excluding hydrogens is 421 g/mol. The first-order valence-corrected chi connectivity index (χ1v) is 10.9. The van der Waals surface area contributed by atoms with Crippen LogP contribution in [0.1, 0.15) is 34.4 Å². The predicted molar refractivity (Wildman–Crippen MR) is 125 cm³/mol. The van der Waals surface area contributed by atoms with Gasteiger partial charge in [0.05, 0.1) is 17.8 Å². The molecule has 4 aromatic rings. The molecule has 3 heterocycles. The van der Waals surface area contributed by atoms with Gasteiger partial charge < -0.3 is 9.64 Å². The molecule has 0 saturated heterocycles. The molecule has 0 radical (unpaired) electrons. The van der Waals surface area contributed by atoms with Gasteiger partial charge in [-0.15, -0.1) is 0 Å². The maximum atomic E-state index is 14.1. The van der Waals surface area contributed by atoms with Gasteiger partial charge in [0, 0.05) is 36.3 Å². The summed E-state index contributed by atoms with van der Waals surface area (Å²) in [4.78, 5) is 14.8. The van der Waals surface area contributed by atoms with Crippen molar-refractivity contribution in [3.8, 4) is 16.9 Å². The first-order valence-electron chi connectivity index (χ1n) is 10.9. The average molecular weight is 445 g/mol. The van der Waals surface area contributed by atoms with E-state index in [4.69, 9.17) is 4.74 Å². The van der Waals surface area contributed by atoms with Gasteiger partial charge in [0.15, 0.2) is 5.69 Å². The van der Waals surface area contributed by atoms with Crippen LogP contribution < -0.4 is 4.74 Å². The standard InChI is InChI=1S/C25H24FN5O2/c1-4-22-17-7-9-21-19-13-15(5-8-20(19)27-28-21)18-14-16(26)6-10-23(18)33-12-11-30(2)25(32)24(17)29-31(22)3/h5-10,13-14H,4,11-12H2,1-3H3,(H,27,28). The normalized spacial score (nSPS) is 14.1. The topological polar surface area (TPSA) is 76.0 Å². The van der Waals surface area contributed by atoms with E-state index in [2.05, 4.69) is 15.3 Å². The van der Waals surface area contributed by atoms with Crippen LogP contribution >= 0.6 is 0 Å². The van der Waals surface area contributed by atoms with Crippen LogP contribution in [0.5, 0.6) is 5.75 Å². The molecule has 1 N–H and O–H groups in total. The van der Waals surface area contributed by atoms with Crippen molar-refractivity contribution in [2.75, 3.05) is 20.2 Å². The number of rotatable bonds is 1. The Kier molecular flexibility index (Phi) is 5.20. The molecule has 7 nitrogen and oxygen atoms in total. The SMILES string of the molecule is CCc1c2c(nn1C)C(=O)N(C)CCOc1ccc(F)cc1-c1ccc3n[nH]c(c3c1)C=C2. The summed E-state index contributed by atoms with van der Waals surface area (Å²) in [6, 6.07) is 10.2. The first-order chi connectivity index (χ1) is 16.0. The van der Waals surface area contributed by atoms with Crippen LogP contribution in [-0.4, -0.2) is 51.0 Å². The highest BCUT2D eigenvalue weighted by molar-refractivity contribution is 5.98. The van der Waals surface area contributed by atoms with E-state index < -0.39 is 0 Å². The second kappa shape index (κ2) is 8.20. The summed E-state index contributed by atoms with van der Waals surface area (Å²) in [5.41, 5.74) is 5.21. The third-order valence-electron chi connectivity index (χ3n) is 6.03. The van der Waals surface area contributed by atoms with Crippen molar-refractivity contribution in [1.29, 1.82) is 0 Å². The number of hydrogen-bond donors (Lipinski definition) is 1. The Morgan fingerprint density at radius 1 is 1.15 bits per heavy atom. The molecule has 2 aromatic heterocycles. The summed E-state index contributed by atoms with van der Waals surface area (Å²) >= 11 is 0. The van der Waals surface area contributed by atoms with E-state index in [9.17, 15) is 9.18 Å². The number of hydrogen-bond acceptors (Lipinski definition) is 4. The van der Waals surface area contributed by atoms with E-state index in [1.54, 1.807) is 22.7 Å². The molecule has 0 saturated carbocycles. The fourth-order valence-electron chi connectivity index (χ4n) is 4.25. The lowest BCUT2D eigenvalue weighted by Crippen LogP contribution is -2.31. The minimum atomic E-state index is -0.344. The number of benzene rings is 2. The molecule has 1 aliphatic heterocycles. The molecule has 2 aromatic carbocycles. The van der Waals surface area contributed by atoms with Crippen molar-refractivity contribution < 1.29 is 13.9 Å². The fourth-order valence-corrected chi connectivity index (χ4v) is 4.25. The summed E-state index contributed by atoms with van der Waals surface area (Å²) in [6.07, 6.45) is 4.56. The van der Waals surface area contributed by atoms with Crippen LogP contribution in [0, 0.1) is 5.82 Å². The van der Waals surface area contributed by atoms with E-state index in [0.717, 1.165) is 39.8 Å². The summed E-state index contributed by atoms with van der Waals surface area (Å²) in [5.74, 6) is 0.0286. The Bertz CT molecular complexity index is 1400. The number of likely N-dealkylation sites (N-methyl/N-ethyl adjacent to an activating group) is 1. The maximum Gasteiger partial charge on any atom is 0.274 e. The molecule has 1 amide bonds. The largest absolute Gasteiger partial charge is 0.491 e. The number of fused-ring (bicyclic) bond motifs is 4. The van der Waals surface area contributed by atoms with E-state index in [1.807, 2.05) is 44.3 Å². The minimum absolute atomic E-state index is 0.182. The van der Waals surface area contributed by atoms with Crippen LogP contribution in [0.15, 0.2) is 36.4 Å². The number of H-pyrrole nitrogens is 1. The molecule has 2 bridgehead atoms. The third-order valence-corrected chi connectivity index (χ3v) is 6.03. The van der Waals surface area contributed by atoms with Crippen LogP contribution in [0.4, 0.5) is 4.39 Å². The zero-order valence-electron chi connectivity index (χ0n) is 18.7. The number of carbonyl (C=O) groups excluding carboxylic acids is 1.